The fraction of sp³-hybridized carbons (Fsp3) is 0.364. The number of rotatable bonds is 11. The Bertz CT molecular complexity index is 771. The molecule has 2 aromatic rings. The molecule has 2 aromatic carbocycles. The lowest BCUT2D eigenvalue weighted by Crippen LogP contribution is -2.06. The van der Waals surface area contributed by atoms with Crippen LogP contribution in [-0.2, 0) is 6.42 Å². The smallest absolute Gasteiger partial charge is 0.336 e. The maximum Gasteiger partial charge on any atom is 0.336 e. The first-order valence-corrected chi connectivity index (χ1v) is 9.44. The van der Waals surface area contributed by atoms with Crippen molar-refractivity contribution in [3.8, 4) is 5.75 Å². The quantitative estimate of drug-likeness (QED) is 0.298. The van der Waals surface area contributed by atoms with Gasteiger partial charge in [0, 0.05) is 24.1 Å². The summed E-state index contributed by atoms with van der Waals surface area (Å²) in [5.41, 5.74) is 1.93. The summed E-state index contributed by atoms with van der Waals surface area (Å²) in [5.74, 6) is -0.854. The van der Waals surface area contributed by atoms with Crippen LogP contribution in [0.25, 0.3) is 0 Å². The standard InChI is InChI=1S/C22H27NO4/c1-2-23-19-15-14-18(22(26)27)17(21(19)25)12-8-3-4-9-13-20(24)16-10-6-5-7-11-16/h5-7,10-11,14-15,23,25H,2-4,8-9,12-13H2,1H3,(H,26,27). The summed E-state index contributed by atoms with van der Waals surface area (Å²) in [6.07, 6.45) is 4.37. The van der Waals surface area contributed by atoms with E-state index in [9.17, 15) is 19.8 Å². The first-order chi connectivity index (χ1) is 13.0. The minimum Gasteiger partial charge on any atom is -0.505 e. The van der Waals surface area contributed by atoms with Crippen LogP contribution in [0.5, 0.6) is 5.75 Å². The van der Waals surface area contributed by atoms with Crippen LogP contribution in [0, 0.1) is 0 Å². The Balaban J connectivity index is 1.83. The molecule has 0 aliphatic heterocycles. The Morgan fingerprint density at radius 1 is 0.963 bits per heavy atom. The number of carboxylic acid groups (broad SMARTS) is 1. The van der Waals surface area contributed by atoms with Crippen LogP contribution in [0.1, 0.15) is 65.3 Å². The molecule has 0 spiro atoms. The minimum absolute atomic E-state index is 0.0241. The SMILES string of the molecule is CCNc1ccc(C(=O)O)c(CCCCCCC(=O)c2ccccc2)c1O. The second kappa shape index (κ2) is 10.4. The van der Waals surface area contributed by atoms with Crippen molar-refractivity contribution in [1.82, 2.24) is 0 Å². The fourth-order valence-electron chi connectivity index (χ4n) is 3.13. The highest BCUT2D eigenvalue weighted by molar-refractivity contribution is 5.95. The average molecular weight is 369 g/mol. The Hall–Kier alpha value is -2.82. The van der Waals surface area contributed by atoms with Gasteiger partial charge in [0.25, 0.3) is 0 Å². The third-order valence-electron chi connectivity index (χ3n) is 4.56. The van der Waals surface area contributed by atoms with Gasteiger partial charge in [0.05, 0.1) is 11.3 Å². The number of nitrogens with one attached hydrogen (secondary N) is 1. The van der Waals surface area contributed by atoms with E-state index in [4.69, 9.17) is 0 Å². The Labute approximate surface area is 160 Å². The van der Waals surface area contributed by atoms with Gasteiger partial charge in [-0.1, -0.05) is 43.2 Å². The van der Waals surface area contributed by atoms with Crippen LogP contribution < -0.4 is 5.32 Å². The summed E-state index contributed by atoms with van der Waals surface area (Å²) < 4.78 is 0. The second-order valence-corrected chi connectivity index (χ2v) is 6.53. The van der Waals surface area contributed by atoms with E-state index in [1.54, 1.807) is 6.07 Å². The first-order valence-electron chi connectivity index (χ1n) is 9.44. The fourth-order valence-corrected chi connectivity index (χ4v) is 3.13. The number of carbonyl (C=O) groups excluding carboxylic acids is 1. The number of hydrogen-bond donors (Lipinski definition) is 3. The molecule has 5 heteroatoms. The molecule has 27 heavy (non-hydrogen) atoms. The predicted octanol–water partition coefficient (Wildman–Crippen LogP) is 4.90. The van der Waals surface area contributed by atoms with Crippen LogP contribution in [0.3, 0.4) is 0 Å². The van der Waals surface area contributed by atoms with Crippen molar-refractivity contribution in [2.24, 2.45) is 0 Å². The van der Waals surface area contributed by atoms with Crippen LogP contribution >= 0.6 is 0 Å². The molecule has 0 atom stereocenters. The van der Waals surface area contributed by atoms with E-state index in [0.717, 1.165) is 31.2 Å². The summed E-state index contributed by atoms with van der Waals surface area (Å²) in [4.78, 5) is 23.5. The molecule has 0 heterocycles. The number of aromatic carboxylic acids is 1. The highest BCUT2D eigenvalue weighted by atomic mass is 16.4. The highest BCUT2D eigenvalue weighted by Gasteiger charge is 2.16. The van der Waals surface area contributed by atoms with Crippen molar-refractivity contribution in [1.29, 1.82) is 0 Å². The number of phenolic OH excluding ortho intramolecular Hbond substituents is 1. The summed E-state index contributed by atoms with van der Waals surface area (Å²) in [7, 11) is 0. The minimum atomic E-state index is -1.03. The number of carboxylic acids is 1. The van der Waals surface area contributed by atoms with E-state index in [1.807, 2.05) is 37.3 Å². The Morgan fingerprint density at radius 2 is 1.67 bits per heavy atom. The van der Waals surface area contributed by atoms with Crippen LogP contribution in [0.2, 0.25) is 0 Å². The lowest BCUT2D eigenvalue weighted by atomic mass is 9.98. The molecule has 0 aliphatic rings. The van der Waals surface area contributed by atoms with Crippen LogP contribution in [0.4, 0.5) is 5.69 Å². The van der Waals surface area contributed by atoms with Gasteiger partial charge in [0.2, 0.25) is 0 Å². The molecule has 0 radical (unpaired) electrons. The van der Waals surface area contributed by atoms with Crippen molar-refractivity contribution in [3.63, 3.8) is 0 Å². The highest BCUT2D eigenvalue weighted by Crippen LogP contribution is 2.32. The molecular formula is C22H27NO4. The molecular weight excluding hydrogens is 342 g/mol. The molecule has 0 aliphatic carbocycles. The van der Waals surface area contributed by atoms with Gasteiger partial charge in [-0.25, -0.2) is 4.79 Å². The molecule has 0 aromatic heterocycles. The number of benzene rings is 2. The van der Waals surface area contributed by atoms with Gasteiger partial charge in [-0.3, -0.25) is 4.79 Å². The van der Waals surface area contributed by atoms with Gasteiger partial charge in [-0.2, -0.15) is 0 Å². The maximum atomic E-state index is 12.1. The molecule has 0 amide bonds. The van der Waals surface area contributed by atoms with Gasteiger partial charge < -0.3 is 15.5 Å². The van der Waals surface area contributed by atoms with Gasteiger partial charge in [0.15, 0.2) is 5.78 Å². The van der Waals surface area contributed by atoms with Crippen molar-refractivity contribution < 1.29 is 19.8 Å². The maximum absolute atomic E-state index is 12.1. The number of Topliss-reactive ketones (excluding diaryl/α,β-unsaturated/α-hetero) is 1. The van der Waals surface area contributed by atoms with Crippen molar-refractivity contribution in [2.75, 3.05) is 11.9 Å². The summed E-state index contributed by atoms with van der Waals surface area (Å²) in [6.45, 7) is 2.57. The zero-order chi connectivity index (χ0) is 19.6. The van der Waals surface area contributed by atoms with Crippen molar-refractivity contribution in [2.45, 2.75) is 45.4 Å². The molecule has 0 saturated carbocycles. The molecule has 2 rings (SSSR count). The number of aromatic hydroxyl groups is 1. The molecule has 0 unspecified atom stereocenters. The lowest BCUT2D eigenvalue weighted by Gasteiger charge is -2.13. The number of ketones is 1. The number of hydrogen-bond acceptors (Lipinski definition) is 4. The van der Waals surface area contributed by atoms with E-state index >= 15 is 0 Å². The number of carbonyl (C=O) groups is 2. The Kier molecular flexibility index (Phi) is 7.86. The van der Waals surface area contributed by atoms with Gasteiger partial charge >= 0.3 is 5.97 Å². The van der Waals surface area contributed by atoms with Crippen LogP contribution in [-0.4, -0.2) is 28.5 Å². The van der Waals surface area contributed by atoms with Crippen molar-refractivity contribution >= 4 is 17.4 Å². The topological polar surface area (TPSA) is 86.6 Å². The zero-order valence-corrected chi connectivity index (χ0v) is 15.7. The molecule has 5 nitrogen and oxygen atoms in total. The van der Waals surface area contributed by atoms with E-state index in [2.05, 4.69) is 5.32 Å². The predicted molar refractivity (Wildman–Crippen MR) is 107 cm³/mol. The lowest BCUT2D eigenvalue weighted by molar-refractivity contribution is 0.0694. The second-order valence-electron chi connectivity index (χ2n) is 6.53. The molecule has 3 N–H and O–H groups in total. The molecule has 0 saturated heterocycles. The largest absolute Gasteiger partial charge is 0.505 e. The van der Waals surface area contributed by atoms with E-state index in [-0.39, 0.29) is 17.1 Å². The van der Waals surface area contributed by atoms with E-state index in [1.165, 1.54) is 6.07 Å². The average Bonchev–Trinajstić information content (AvgIpc) is 2.67. The van der Waals surface area contributed by atoms with E-state index < -0.39 is 5.97 Å². The van der Waals surface area contributed by atoms with Crippen molar-refractivity contribution in [3.05, 3.63) is 59.2 Å². The molecule has 0 bridgehead atoms. The molecule has 0 fully saturated rings. The number of phenols is 1. The van der Waals surface area contributed by atoms with Gasteiger partial charge in [-0.05, 0) is 38.3 Å². The zero-order valence-electron chi connectivity index (χ0n) is 15.7. The number of unbranched alkanes of at least 4 members (excludes halogenated alkanes) is 3. The van der Waals surface area contributed by atoms with Crippen LogP contribution in [0.15, 0.2) is 42.5 Å². The molecule has 144 valence electrons. The summed E-state index contributed by atoms with van der Waals surface area (Å²) in [6, 6.07) is 12.4. The van der Waals surface area contributed by atoms with Gasteiger partial charge in [0.1, 0.15) is 5.75 Å². The number of anilines is 1. The summed E-state index contributed by atoms with van der Waals surface area (Å²) >= 11 is 0. The van der Waals surface area contributed by atoms with E-state index in [0.29, 0.717) is 30.6 Å². The first kappa shape index (κ1) is 20.5. The third-order valence-corrected chi connectivity index (χ3v) is 4.56. The van der Waals surface area contributed by atoms with Gasteiger partial charge in [-0.15, -0.1) is 0 Å². The third kappa shape index (κ3) is 5.84. The summed E-state index contributed by atoms with van der Waals surface area (Å²) in [5, 5.41) is 22.8. The monoisotopic (exact) mass is 369 g/mol. The Morgan fingerprint density at radius 3 is 2.33 bits per heavy atom. The normalized spacial score (nSPS) is 10.6.